The van der Waals surface area contributed by atoms with Crippen molar-refractivity contribution in [3.05, 3.63) is 24.0 Å². The van der Waals surface area contributed by atoms with Crippen LogP contribution in [0.5, 0.6) is 0 Å². The number of hydrogen-bond donors (Lipinski definition) is 0. The zero-order chi connectivity index (χ0) is 7.84. The molecule has 1 aromatic rings. The average molecular weight is 148 g/mol. The zero-order valence-corrected chi connectivity index (χ0v) is 6.91. The van der Waals surface area contributed by atoms with Gasteiger partial charge in [0, 0.05) is 25.7 Å². The van der Waals surface area contributed by atoms with Crippen molar-refractivity contribution in [1.82, 2.24) is 4.98 Å². The van der Waals surface area contributed by atoms with Crippen molar-refractivity contribution in [3.63, 3.8) is 0 Å². The second-order valence-corrected chi connectivity index (χ2v) is 3.19. The first-order valence-electron chi connectivity index (χ1n) is 3.95. The third-order valence-corrected chi connectivity index (χ3v) is 2.24. The summed E-state index contributed by atoms with van der Waals surface area (Å²) in [6.07, 6.45) is 1.87. The molecule has 2 rings (SSSR count). The maximum absolute atomic E-state index is 4.35. The largest absolute Gasteiger partial charge is 0.372 e. The van der Waals surface area contributed by atoms with E-state index < -0.39 is 0 Å². The number of likely N-dealkylation sites (N-methyl/N-ethyl adjacent to an activating group) is 1. The van der Waals surface area contributed by atoms with Gasteiger partial charge >= 0.3 is 0 Å². The van der Waals surface area contributed by atoms with E-state index in [0.717, 1.165) is 6.54 Å². The zero-order valence-electron chi connectivity index (χ0n) is 6.91. The number of rotatable bonds is 0. The molecule has 0 radical (unpaired) electrons. The molecule has 2 heteroatoms. The minimum absolute atomic E-state index is 0.594. The van der Waals surface area contributed by atoms with Gasteiger partial charge in [0.05, 0.1) is 11.4 Å². The molecule has 2 nitrogen and oxygen atoms in total. The lowest BCUT2D eigenvalue weighted by atomic mass is 10.1. The number of aromatic nitrogens is 1. The second-order valence-electron chi connectivity index (χ2n) is 3.19. The highest BCUT2D eigenvalue weighted by Crippen LogP contribution is 2.32. The normalized spacial score (nSPS) is 22.0. The van der Waals surface area contributed by atoms with E-state index in [1.807, 2.05) is 12.3 Å². The van der Waals surface area contributed by atoms with Crippen LogP contribution in [0.2, 0.25) is 0 Å². The van der Waals surface area contributed by atoms with Crippen molar-refractivity contribution >= 4 is 5.69 Å². The summed E-state index contributed by atoms with van der Waals surface area (Å²) in [5.74, 6) is 0.594. The highest BCUT2D eigenvalue weighted by Gasteiger charge is 2.22. The smallest absolute Gasteiger partial charge is 0.0682 e. The third kappa shape index (κ3) is 0.897. The van der Waals surface area contributed by atoms with Gasteiger partial charge in [-0.15, -0.1) is 0 Å². The Morgan fingerprint density at radius 3 is 3.18 bits per heavy atom. The summed E-state index contributed by atoms with van der Waals surface area (Å²) in [5, 5.41) is 0. The molecule has 0 N–H and O–H groups in total. The lowest BCUT2D eigenvalue weighted by Gasteiger charge is -2.10. The number of nitrogens with zero attached hydrogens (tertiary/aromatic N) is 2. The molecule has 0 saturated heterocycles. The maximum Gasteiger partial charge on any atom is 0.0682 e. The predicted octanol–water partition coefficient (Wildman–Crippen LogP) is 1.63. The minimum Gasteiger partial charge on any atom is -0.372 e. The summed E-state index contributed by atoms with van der Waals surface area (Å²) in [6, 6.07) is 4.12. The molecule has 1 unspecified atom stereocenters. The van der Waals surface area contributed by atoms with Crippen molar-refractivity contribution in [2.45, 2.75) is 12.8 Å². The predicted molar refractivity (Wildman–Crippen MR) is 45.9 cm³/mol. The molecule has 0 bridgehead atoms. The van der Waals surface area contributed by atoms with E-state index in [9.17, 15) is 0 Å². The van der Waals surface area contributed by atoms with Gasteiger partial charge in [-0.1, -0.05) is 6.92 Å². The molecule has 2 heterocycles. The Kier molecular flexibility index (Phi) is 1.34. The molecule has 0 fully saturated rings. The average Bonchev–Trinajstić information content (AvgIpc) is 2.30. The highest BCUT2D eigenvalue weighted by molar-refractivity contribution is 5.55. The molecular weight excluding hydrogens is 136 g/mol. The van der Waals surface area contributed by atoms with Crippen molar-refractivity contribution in [2.75, 3.05) is 18.5 Å². The standard InChI is InChI=1S/C9H12N2/c1-7-6-11(2)8-4-3-5-10-9(7)8/h3-5,7H,6H2,1-2H3. The molecule has 0 amide bonds. The first-order chi connectivity index (χ1) is 5.29. The second kappa shape index (κ2) is 2.22. The Balaban J connectivity index is 2.52. The summed E-state index contributed by atoms with van der Waals surface area (Å²) in [6.45, 7) is 3.32. The van der Waals surface area contributed by atoms with Crippen LogP contribution in [0.25, 0.3) is 0 Å². The first-order valence-corrected chi connectivity index (χ1v) is 3.95. The number of pyridine rings is 1. The van der Waals surface area contributed by atoms with Crippen LogP contribution in [-0.2, 0) is 0 Å². The van der Waals surface area contributed by atoms with Crippen LogP contribution in [0.4, 0.5) is 5.69 Å². The monoisotopic (exact) mass is 148 g/mol. The molecule has 1 atom stereocenters. The molecule has 1 aromatic heterocycles. The van der Waals surface area contributed by atoms with Crippen molar-refractivity contribution in [1.29, 1.82) is 0 Å². The topological polar surface area (TPSA) is 16.1 Å². The molecule has 0 aliphatic carbocycles. The highest BCUT2D eigenvalue weighted by atomic mass is 15.1. The summed E-state index contributed by atoms with van der Waals surface area (Å²) in [5.41, 5.74) is 2.54. The number of hydrogen-bond acceptors (Lipinski definition) is 2. The quantitative estimate of drug-likeness (QED) is 0.556. The lowest BCUT2D eigenvalue weighted by Crippen LogP contribution is -2.13. The summed E-state index contributed by atoms with van der Waals surface area (Å²) in [7, 11) is 2.12. The van der Waals surface area contributed by atoms with Crippen LogP contribution >= 0.6 is 0 Å². The SMILES string of the molecule is CC1CN(C)c2cccnc21. The van der Waals surface area contributed by atoms with E-state index in [0.29, 0.717) is 5.92 Å². The Bertz CT molecular complexity index is 243. The van der Waals surface area contributed by atoms with Gasteiger partial charge in [0.15, 0.2) is 0 Å². The fourth-order valence-corrected chi connectivity index (χ4v) is 1.71. The third-order valence-electron chi connectivity index (χ3n) is 2.24. The van der Waals surface area contributed by atoms with Crippen LogP contribution < -0.4 is 4.90 Å². The number of anilines is 1. The van der Waals surface area contributed by atoms with Gasteiger partial charge in [0.25, 0.3) is 0 Å². The van der Waals surface area contributed by atoms with E-state index in [-0.39, 0.29) is 0 Å². The molecule has 11 heavy (non-hydrogen) atoms. The number of fused-ring (bicyclic) bond motifs is 1. The molecule has 1 aliphatic heterocycles. The summed E-state index contributed by atoms with van der Waals surface area (Å²) in [4.78, 5) is 6.61. The Morgan fingerprint density at radius 1 is 1.64 bits per heavy atom. The van der Waals surface area contributed by atoms with Crippen LogP contribution in [-0.4, -0.2) is 18.6 Å². The molecular formula is C9H12N2. The lowest BCUT2D eigenvalue weighted by molar-refractivity contribution is 0.777. The van der Waals surface area contributed by atoms with E-state index in [1.54, 1.807) is 0 Å². The van der Waals surface area contributed by atoms with Crippen molar-refractivity contribution in [3.8, 4) is 0 Å². The van der Waals surface area contributed by atoms with Crippen molar-refractivity contribution in [2.24, 2.45) is 0 Å². The Labute approximate surface area is 66.9 Å². The van der Waals surface area contributed by atoms with E-state index >= 15 is 0 Å². The van der Waals surface area contributed by atoms with E-state index in [4.69, 9.17) is 0 Å². The van der Waals surface area contributed by atoms with Crippen LogP contribution in [0.3, 0.4) is 0 Å². The van der Waals surface area contributed by atoms with Gasteiger partial charge in [0.1, 0.15) is 0 Å². The van der Waals surface area contributed by atoms with Gasteiger partial charge in [-0.05, 0) is 12.1 Å². The van der Waals surface area contributed by atoms with Gasteiger partial charge < -0.3 is 4.90 Å². The summed E-state index contributed by atoms with van der Waals surface area (Å²) < 4.78 is 0. The molecule has 0 aromatic carbocycles. The van der Waals surface area contributed by atoms with E-state index in [1.165, 1.54) is 11.4 Å². The molecule has 0 saturated carbocycles. The van der Waals surface area contributed by atoms with E-state index in [2.05, 4.69) is 29.9 Å². The molecule has 58 valence electrons. The maximum atomic E-state index is 4.35. The van der Waals surface area contributed by atoms with Crippen LogP contribution in [0.1, 0.15) is 18.5 Å². The van der Waals surface area contributed by atoms with Crippen molar-refractivity contribution < 1.29 is 0 Å². The Hall–Kier alpha value is -1.05. The van der Waals surface area contributed by atoms with Gasteiger partial charge in [0.2, 0.25) is 0 Å². The van der Waals surface area contributed by atoms with Gasteiger partial charge in [-0.3, -0.25) is 4.98 Å². The van der Waals surface area contributed by atoms with Crippen LogP contribution in [0.15, 0.2) is 18.3 Å². The van der Waals surface area contributed by atoms with Gasteiger partial charge in [-0.25, -0.2) is 0 Å². The fourth-order valence-electron chi connectivity index (χ4n) is 1.71. The van der Waals surface area contributed by atoms with Gasteiger partial charge in [-0.2, -0.15) is 0 Å². The fraction of sp³-hybridized carbons (Fsp3) is 0.444. The minimum atomic E-state index is 0.594. The first kappa shape index (κ1) is 6.65. The van der Waals surface area contributed by atoms with Crippen LogP contribution in [0, 0.1) is 0 Å². The molecule has 0 spiro atoms. The summed E-state index contributed by atoms with van der Waals surface area (Å²) >= 11 is 0. The molecule has 1 aliphatic rings. The Morgan fingerprint density at radius 2 is 2.45 bits per heavy atom.